The third kappa shape index (κ3) is 1.79. The average molecular weight is 172 g/mol. The molecule has 2 fully saturated rings. The summed E-state index contributed by atoms with van der Waals surface area (Å²) in [5.41, 5.74) is 0. The second-order valence-corrected chi connectivity index (χ2v) is 3.73. The second kappa shape index (κ2) is 3.32. The van der Waals surface area contributed by atoms with Gasteiger partial charge in [0.05, 0.1) is 24.4 Å². The Hall–Kier alpha value is -0.120. The summed E-state index contributed by atoms with van der Waals surface area (Å²) in [5.74, 6) is 0. The van der Waals surface area contributed by atoms with Gasteiger partial charge in [-0.15, -0.1) is 0 Å². The van der Waals surface area contributed by atoms with Crippen LogP contribution >= 0.6 is 0 Å². The van der Waals surface area contributed by atoms with Gasteiger partial charge in [0.25, 0.3) is 0 Å². The quantitative estimate of drug-likeness (QED) is 0.623. The Morgan fingerprint density at radius 1 is 1.42 bits per heavy atom. The van der Waals surface area contributed by atoms with Crippen molar-refractivity contribution in [1.82, 2.24) is 0 Å². The highest BCUT2D eigenvalue weighted by Crippen LogP contribution is 2.29. The molecule has 0 saturated carbocycles. The van der Waals surface area contributed by atoms with Crippen LogP contribution in [0.1, 0.15) is 26.2 Å². The van der Waals surface area contributed by atoms with Crippen LogP contribution < -0.4 is 0 Å². The summed E-state index contributed by atoms with van der Waals surface area (Å²) in [6.07, 6.45) is 3.20. The Balaban J connectivity index is 1.77. The summed E-state index contributed by atoms with van der Waals surface area (Å²) < 4.78 is 10.7. The van der Waals surface area contributed by atoms with E-state index in [1.807, 2.05) is 0 Å². The molecule has 2 aliphatic rings. The highest BCUT2D eigenvalue weighted by atomic mass is 16.6. The van der Waals surface area contributed by atoms with E-state index in [2.05, 4.69) is 6.92 Å². The van der Waals surface area contributed by atoms with Gasteiger partial charge in [-0.3, -0.25) is 0 Å². The van der Waals surface area contributed by atoms with Crippen LogP contribution in [0, 0.1) is 0 Å². The van der Waals surface area contributed by atoms with Gasteiger partial charge in [-0.1, -0.05) is 0 Å². The molecular formula is C9H16O3. The van der Waals surface area contributed by atoms with Crippen molar-refractivity contribution < 1.29 is 14.6 Å². The fourth-order valence-corrected chi connectivity index (χ4v) is 1.76. The van der Waals surface area contributed by atoms with Gasteiger partial charge in [-0.2, -0.15) is 0 Å². The van der Waals surface area contributed by atoms with Crippen LogP contribution in [0.4, 0.5) is 0 Å². The largest absolute Gasteiger partial charge is 0.390 e. The van der Waals surface area contributed by atoms with Crippen LogP contribution in [-0.2, 0) is 9.47 Å². The molecule has 0 aliphatic carbocycles. The first-order valence-electron chi connectivity index (χ1n) is 4.72. The summed E-state index contributed by atoms with van der Waals surface area (Å²) in [7, 11) is 0. The van der Waals surface area contributed by atoms with Crippen LogP contribution in [0.15, 0.2) is 0 Å². The van der Waals surface area contributed by atoms with E-state index in [-0.39, 0.29) is 12.2 Å². The smallest absolute Gasteiger partial charge is 0.0864 e. The molecule has 0 aromatic heterocycles. The third-order valence-corrected chi connectivity index (χ3v) is 2.71. The maximum Gasteiger partial charge on any atom is 0.0864 e. The van der Waals surface area contributed by atoms with Crippen molar-refractivity contribution in [1.29, 1.82) is 0 Å². The first kappa shape index (κ1) is 8.48. The van der Waals surface area contributed by atoms with Crippen molar-refractivity contribution in [3.8, 4) is 0 Å². The van der Waals surface area contributed by atoms with E-state index in [0.717, 1.165) is 25.9 Å². The number of aliphatic hydroxyl groups is 1. The Morgan fingerprint density at radius 3 is 2.75 bits per heavy atom. The predicted octanol–water partition coefficient (Wildman–Crippen LogP) is 0.704. The van der Waals surface area contributed by atoms with Crippen LogP contribution in [0.5, 0.6) is 0 Å². The summed E-state index contributed by atoms with van der Waals surface area (Å²) in [6.45, 7) is 2.85. The lowest BCUT2D eigenvalue weighted by atomic mass is 10.0. The SMILES string of the molecule is C[C@@H]1O[C@@H]1C[C@@H]1OCCC[C@H]1O. The lowest BCUT2D eigenvalue weighted by Crippen LogP contribution is -2.35. The lowest BCUT2D eigenvalue weighted by molar-refractivity contribution is -0.0791. The van der Waals surface area contributed by atoms with Crippen LogP contribution in [0.3, 0.4) is 0 Å². The number of hydrogen-bond acceptors (Lipinski definition) is 3. The molecule has 2 heterocycles. The molecule has 2 saturated heterocycles. The fourth-order valence-electron chi connectivity index (χ4n) is 1.76. The standard InChI is InChI=1S/C9H16O3/c1-6-8(12-6)5-9-7(10)3-2-4-11-9/h6-10H,2-5H2,1H3/t6-,7+,8+,9-/m0/s1. The van der Waals surface area contributed by atoms with E-state index >= 15 is 0 Å². The fraction of sp³-hybridized carbons (Fsp3) is 1.00. The van der Waals surface area contributed by atoms with Crippen molar-refractivity contribution in [2.24, 2.45) is 0 Å². The van der Waals surface area contributed by atoms with Gasteiger partial charge in [-0.25, -0.2) is 0 Å². The van der Waals surface area contributed by atoms with Gasteiger partial charge in [0, 0.05) is 13.0 Å². The predicted molar refractivity (Wildman–Crippen MR) is 43.9 cm³/mol. The molecule has 0 aromatic rings. The topological polar surface area (TPSA) is 42.0 Å². The maximum atomic E-state index is 9.55. The van der Waals surface area contributed by atoms with E-state index in [1.54, 1.807) is 0 Å². The van der Waals surface area contributed by atoms with E-state index in [9.17, 15) is 5.11 Å². The van der Waals surface area contributed by atoms with Crippen molar-refractivity contribution in [2.45, 2.75) is 50.6 Å². The van der Waals surface area contributed by atoms with Gasteiger partial charge in [0.15, 0.2) is 0 Å². The average Bonchev–Trinajstić information content (AvgIpc) is 2.72. The van der Waals surface area contributed by atoms with E-state index in [1.165, 1.54) is 0 Å². The Labute approximate surface area is 72.7 Å². The normalized spacial score (nSPS) is 47.5. The summed E-state index contributed by atoms with van der Waals surface area (Å²) in [4.78, 5) is 0. The first-order valence-corrected chi connectivity index (χ1v) is 4.72. The molecule has 0 spiro atoms. The molecule has 1 N–H and O–H groups in total. The molecule has 0 radical (unpaired) electrons. The number of hydrogen-bond donors (Lipinski definition) is 1. The minimum Gasteiger partial charge on any atom is -0.390 e. The minimum atomic E-state index is -0.268. The molecule has 0 aromatic carbocycles. The highest BCUT2D eigenvalue weighted by molar-refractivity contribution is 4.86. The van der Waals surface area contributed by atoms with E-state index < -0.39 is 0 Å². The minimum absolute atomic E-state index is 0.0219. The summed E-state index contributed by atoms with van der Waals surface area (Å²) in [6, 6.07) is 0. The zero-order valence-electron chi connectivity index (χ0n) is 7.40. The Bertz CT molecular complexity index is 160. The summed E-state index contributed by atoms with van der Waals surface area (Å²) in [5, 5.41) is 9.55. The molecule has 0 bridgehead atoms. The number of rotatable bonds is 2. The number of ether oxygens (including phenoxy) is 2. The van der Waals surface area contributed by atoms with Crippen molar-refractivity contribution in [3.05, 3.63) is 0 Å². The zero-order valence-corrected chi connectivity index (χ0v) is 7.40. The molecular weight excluding hydrogens is 156 g/mol. The van der Waals surface area contributed by atoms with Crippen LogP contribution in [-0.4, -0.2) is 36.1 Å². The molecule has 12 heavy (non-hydrogen) atoms. The Morgan fingerprint density at radius 2 is 2.17 bits per heavy atom. The molecule has 0 unspecified atom stereocenters. The van der Waals surface area contributed by atoms with E-state index in [0.29, 0.717) is 12.2 Å². The molecule has 70 valence electrons. The third-order valence-electron chi connectivity index (χ3n) is 2.71. The number of epoxide rings is 1. The van der Waals surface area contributed by atoms with Gasteiger partial charge < -0.3 is 14.6 Å². The molecule has 0 amide bonds. The summed E-state index contributed by atoms with van der Waals surface area (Å²) >= 11 is 0. The van der Waals surface area contributed by atoms with Crippen molar-refractivity contribution in [2.75, 3.05) is 6.61 Å². The maximum absolute atomic E-state index is 9.55. The van der Waals surface area contributed by atoms with Gasteiger partial charge in [0.1, 0.15) is 0 Å². The molecule has 3 nitrogen and oxygen atoms in total. The van der Waals surface area contributed by atoms with Crippen LogP contribution in [0.2, 0.25) is 0 Å². The highest BCUT2D eigenvalue weighted by Gasteiger charge is 2.38. The van der Waals surface area contributed by atoms with Crippen molar-refractivity contribution >= 4 is 0 Å². The van der Waals surface area contributed by atoms with Gasteiger partial charge in [0.2, 0.25) is 0 Å². The Kier molecular flexibility index (Phi) is 2.35. The first-order chi connectivity index (χ1) is 5.77. The monoisotopic (exact) mass is 172 g/mol. The lowest BCUT2D eigenvalue weighted by Gasteiger charge is -2.27. The zero-order chi connectivity index (χ0) is 8.55. The molecule has 3 heteroatoms. The molecule has 2 rings (SSSR count). The van der Waals surface area contributed by atoms with Crippen LogP contribution in [0.25, 0.3) is 0 Å². The van der Waals surface area contributed by atoms with Crippen molar-refractivity contribution in [3.63, 3.8) is 0 Å². The number of aliphatic hydroxyl groups excluding tert-OH is 1. The molecule has 2 aliphatic heterocycles. The van der Waals surface area contributed by atoms with Gasteiger partial charge >= 0.3 is 0 Å². The molecule has 4 atom stereocenters. The van der Waals surface area contributed by atoms with E-state index in [4.69, 9.17) is 9.47 Å². The van der Waals surface area contributed by atoms with Gasteiger partial charge in [-0.05, 0) is 19.8 Å². The second-order valence-electron chi connectivity index (χ2n) is 3.73.